The molecule has 4 rings (SSSR count). The van der Waals surface area contributed by atoms with Gasteiger partial charge in [0.25, 0.3) is 0 Å². The number of hydrogen-bond donors (Lipinski definition) is 0. The minimum atomic E-state index is 0.325. The second-order valence-electron chi connectivity index (χ2n) is 6.45. The summed E-state index contributed by atoms with van der Waals surface area (Å²) in [4.78, 5) is 0. The van der Waals surface area contributed by atoms with Crippen molar-refractivity contribution in [2.45, 2.75) is 31.8 Å². The Morgan fingerprint density at radius 3 is 2.25 bits per heavy atom. The van der Waals surface area contributed by atoms with Crippen molar-refractivity contribution in [3.05, 3.63) is 60.7 Å². The molecule has 0 atom stereocenters. The Morgan fingerprint density at radius 1 is 0.750 bits per heavy atom. The summed E-state index contributed by atoms with van der Waals surface area (Å²) >= 11 is 0. The van der Waals surface area contributed by atoms with Crippen molar-refractivity contribution >= 4 is 10.8 Å². The van der Waals surface area contributed by atoms with E-state index in [1.807, 2.05) is 6.07 Å². The molecule has 1 saturated carbocycles. The molecule has 3 aromatic carbocycles. The van der Waals surface area contributed by atoms with Crippen LogP contribution in [0.1, 0.15) is 25.7 Å². The van der Waals surface area contributed by atoms with E-state index in [2.05, 4.69) is 54.6 Å². The molecule has 3 aromatic rings. The molecule has 1 aliphatic rings. The van der Waals surface area contributed by atoms with Crippen LogP contribution in [0.5, 0.6) is 11.5 Å². The van der Waals surface area contributed by atoms with Crippen LogP contribution in [-0.2, 0) is 0 Å². The molecule has 0 aliphatic heterocycles. The van der Waals surface area contributed by atoms with Gasteiger partial charge in [-0.1, -0.05) is 42.5 Å². The van der Waals surface area contributed by atoms with E-state index in [0.717, 1.165) is 29.9 Å². The second kappa shape index (κ2) is 6.56. The minimum Gasteiger partial charge on any atom is -0.493 e. The normalized spacial score (nSPS) is 14.9. The van der Waals surface area contributed by atoms with Crippen LogP contribution in [0, 0.1) is 0 Å². The van der Waals surface area contributed by atoms with E-state index in [4.69, 9.17) is 9.47 Å². The van der Waals surface area contributed by atoms with E-state index in [-0.39, 0.29) is 0 Å². The molecule has 1 aliphatic carbocycles. The fourth-order valence-electron chi connectivity index (χ4n) is 3.50. The van der Waals surface area contributed by atoms with Crippen molar-refractivity contribution in [1.29, 1.82) is 0 Å². The average molecular weight is 318 g/mol. The van der Waals surface area contributed by atoms with Gasteiger partial charge in [-0.2, -0.15) is 0 Å². The summed E-state index contributed by atoms with van der Waals surface area (Å²) in [6.45, 7) is 0. The van der Waals surface area contributed by atoms with Gasteiger partial charge in [-0.15, -0.1) is 0 Å². The van der Waals surface area contributed by atoms with Gasteiger partial charge in [0.1, 0.15) is 0 Å². The summed E-state index contributed by atoms with van der Waals surface area (Å²) in [5.41, 5.74) is 2.36. The maximum Gasteiger partial charge on any atom is 0.162 e. The Labute approximate surface area is 143 Å². The summed E-state index contributed by atoms with van der Waals surface area (Å²) in [5.74, 6) is 1.67. The first-order valence-corrected chi connectivity index (χ1v) is 8.67. The molecule has 1 fully saturated rings. The smallest absolute Gasteiger partial charge is 0.162 e. The Morgan fingerprint density at radius 2 is 1.46 bits per heavy atom. The number of hydrogen-bond acceptors (Lipinski definition) is 2. The molecule has 24 heavy (non-hydrogen) atoms. The van der Waals surface area contributed by atoms with Gasteiger partial charge in [0, 0.05) is 0 Å². The van der Waals surface area contributed by atoms with E-state index in [1.165, 1.54) is 29.2 Å². The van der Waals surface area contributed by atoms with Gasteiger partial charge in [0.2, 0.25) is 0 Å². The van der Waals surface area contributed by atoms with Crippen LogP contribution >= 0.6 is 0 Å². The Balaban J connectivity index is 1.70. The first-order valence-electron chi connectivity index (χ1n) is 8.67. The minimum absolute atomic E-state index is 0.325. The quantitative estimate of drug-likeness (QED) is 0.602. The highest BCUT2D eigenvalue weighted by Crippen LogP contribution is 2.36. The molecule has 122 valence electrons. The van der Waals surface area contributed by atoms with Crippen LogP contribution < -0.4 is 9.47 Å². The fourth-order valence-corrected chi connectivity index (χ4v) is 3.50. The maximum absolute atomic E-state index is 6.22. The third-order valence-electron chi connectivity index (χ3n) is 4.84. The summed E-state index contributed by atoms with van der Waals surface area (Å²) in [7, 11) is 1.70. The summed E-state index contributed by atoms with van der Waals surface area (Å²) in [5, 5.41) is 2.52. The topological polar surface area (TPSA) is 18.5 Å². The van der Waals surface area contributed by atoms with Gasteiger partial charge in [-0.25, -0.2) is 0 Å². The largest absolute Gasteiger partial charge is 0.493 e. The molecule has 0 unspecified atom stereocenters. The summed E-state index contributed by atoms with van der Waals surface area (Å²) < 4.78 is 11.7. The van der Waals surface area contributed by atoms with Crippen molar-refractivity contribution in [2.24, 2.45) is 0 Å². The average Bonchev–Trinajstić information content (AvgIpc) is 3.14. The number of methoxy groups -OCH3 is 1. The lowest BCUT2D eigenvalue weighted by Gasteiger charge is -2.17. The standard InChI is InChI=1S/C22H22O2/c1-23-21-13-12-19(15-22(21)24-20-8-4-5-9-20)18-11-10-16-6-2-3-7-17(16)14-18/h2-3,6-7,10-15,20H,4-5,8-9H2,1H3. The molecule has 0 radical (unpaired) electrons. The van der Waals surface area contributed by atoms with E-state index in [9.17, 15) is 0 Å². The van der Waals surface area contributed by atoms with Crippen LogP contribution in [0.4, 0.5) is 0 Å². The lowest BCUT2D eigenvalue weighted by molar-refractivity contribution is 0.201. The molecule has 0 bridgehead atoms. The van der Waals surface area contributed by atoms with Crippen molar-refractivity contribution in [1.82, 2.24) is 0 Å². The third kappa shape index (κ3) is 2.96. The van der Waals surface area contributed by atoms with Crippen LogP contribution in [-0.4, -0.2) is 13.2 Å². The van der Waals surface area contributed by atoms with Gasteiger partial charge in [0.05, 0.1) is 13.2 Å². The fraction of sp³-hybridized carbons (Fsp3) is 0.273. The number of rotatable bonds is 4. The molecule has 0 aromatic heterocycles. The van der Waals surface area contributed by atoms with E-state index in [0.29, 0.717) is 6.10 Å². The zero-order valence-electron chi connectivity index (χ0n) is 14.0. The van der Waals surface area contributed by atoms with Gasteiger partial charge in [-0.05, 0) is 65.8 Å². The third-order valence-corrected chi connectivity index (χ3v) is 4.84. The number of fused-ring (bicyclic) bond motifs is 1. The van der Waals surface area contributed by atoms with Crippen LogP contribution in [0.2, 0.25) is 0 Å². The van der Waals surface area contributed by atoms with Crippen molar-refractivity contribution in [3.63, 3.8) is 0 Å². The molecular weight excluding hydrogens is 296 g/mol. The Hall–Kier alpha value is -2.48. The highest BCUT2D eigenvalue weighted by atomic mass is 16.5. The van der Waals surface area contributed by atoms with Gasteiger partial charge in [-0.3, -0.25) is 0 Å². The molecule has 2 nitrogen and oxygen atoms in total. The SMILES string of the molecule is COc1ccc(-c2ccc3ccccc3c2)cc1OC1CCCC1. The molecule has 0 N–H and O–H groups in total. The van der Waals surface area contributed by atoms with Crippen LogP contribution in [0.15, 0.2) is 60.7 Å². The van der Waals surface area contributed by atoms with Gasteiger partial charge >= 0.3 is 0 Å². The molecule has 0 saturated heterocycles. The van der Waals surface area contributed by atoms with E-state index >= 15 is 0 Å². The Kier molecular flexibility index (Phi) is 4.12. The van der Waals surface area contributed by atoms with Gasteiger partial charge in [0.15, 0.2) is 11.5 Å². The zero-order valence-corrected chi connectivity index (χ0v) is 14.0. The first-order chi connectivity index (χ1) is 11.8. The lowest BCUT2D eigenvalue weighted by Crippen LogP contribution is -2.11. The van der Waals surface area contributed by atoms with Crippen LogP contribution in [0.3, 0.4) is 0 Å². The zero-order chi connectivity index (χ0) is 16.4. The predicted molar refractivity (Wildman–Crippen MR) is 98.8 cm³/mol. The first kappa shape index (κ1) is 15.1. The van der Waals surface area contributed by atoms with Crippen LogP contribution in [0.25, 0.3) is 21.9 Å². The van der Waals surface area contributed by atoms with Crippen molar-refractivity contribution in [2.75, 3.05) is 7.11 Å². The van der Waals surface area contributed by atoms with Crippen molar-refractivity contribution in [3.8, 4) is 22.6 Å². The predicted octanol–water partition coefficient (Wildman–Crippen LogP) is 5.84. The Bertz CT molecular complexity index is 847. The molecule has 0 spiro atoms. The molecule has 0 amide bonds. The van der Waals surface area contributed by atoms with Crippen molar-refractivity contribution < 1.29 is 9.47 Å². The van der Waals surface area contributed by atoms with E-state index < -0.39 is 0 Å². The highest BCUT2D eigenvalue weighted by molar-refractivity contribution is 5.87. The molecular formula is C22H22O2. The molecule has 2 heteroatoms. The van der Waals surface area contributed by atoms with Gasteiger partial charge < -0.3 is 9.47 Å². The summed E-state index contributed by atoms with van der Waals surface area (Å²) in [6, 6.07) is 21.2. The summed E-state index contributed by atoms with van der Waals surface area (Å²) in [6.07, 6.45) is 5.13. The van der Waals surface area contributed by atoms with E-state index in [1.54, 1.807) is 7.11 Å². The number of benzene rings is 3. The maximum atomic E-state index is 6.22. The molecule has 0 heterocycles. The lowest BCUT2D eigenvalue weighted by atomic mass is 10.0. The highest BCUT2D eigenvalue weighted by Gasteiger charge is 2.18. The number of ether oxygens (including phenoxy) is 2. The second-order valence-corrected chi connectivity index (χ2v) is 6.45. The monoisotopic (exact) mass is 318 g/mol.